The summed E-state index contributed by atoms with van der Waals surface area (Å²) in [6.45, 7) is 7.26. The van der Waals surface area contributed by atoms with Crippen LogP contribution >= 0.6 is 15.9 Å². The molecule has 0 aliphatic rings. The predicted molar refractivity (Wildman–Crippen MR) is 88.5 cm³/mol. The summed E-state index contributed by atoms with van der Waals surface area (Å²) >= 11 is 3.56. The first kappa shape index (κ1) is 15.6. The van der Waals surface area contributed by atoms with Gasteiger partial charge >= 0.3 is 7.48 Å². The molecule has 1 radical (unpaired) electrons. The van der Waals surface area contributed by atoms with Gasteiger partial charge in [-0.25, -0.2) is 0 Å². The Morgan fingerprint density at radius 3 is 2.25 bits per heavy atom. The Balaban J connectivity index is 2.30. The molecule has 4 heteroatoms. The fourth-order valence-corrected chi connectivity index (χ4v) is 2.25. The first-order chi connectivity index (χ1) is 9.22. The van der Waals surface area contributed by atoms with Crippen LogP contribution in [0.3, 0.4) is 0 Å². The second-order valence-electron chi connectivity index (χ2n) is 5.99. The van der Waals surface area contributed by atoms with Crippen molar-refractivity contribution in [2.45, 2.75) is 38.9 Å². The molecule has 2 aromatic rings. The molecule has 2 aromatic carbocycles. The lowest BCUT2D eigenvalue weighted by Gasteiger charge is -2.37. The van der Waals surface area contributed by atoms with Gasteiger partial charge in [0.05, 0.1) is 11.2 Å². The highest BCUT2D eigenvalue weighted by Crippen LogP contribution is 2.25. The molecular formula is C16H19BBrO2. The summed E-state index contributed by atoms with van der Waals surface area (Å²) in [5.74, 6) is 0. The summed E-state index contributed by atoms with van der Waals surface area (Å²) in [7, 11) is 1.73. The lowest BCUT2D eigenvalue weighted by Crippen LogP contribution is -2.49. The molecule has 0 fully saturated rings. The summed E-state index contributed by atoms with van der Waals surface area (Å²) in [4.78, 5) is 0. The molecule has 0 aromatic heterocycles. The van der Waals surface area contributed by atoms with Crippen LogP contribution in [0.5, 0.6) is 0 Å². The van der Waals surface area contributed by atoms with E-state index < -0.39 is 11.2 Å². The summed E-state index contributed by atoms with van der Waals surface area (Å²) in [6.07, 6.45) is 0. The number of fused-ring (bicyclic) bond motifs is 1. The zero-order valence-electron chi connectivity index (χ0n) is 12.3. The van der Waals surface area contributed by atoms with Crippen molar-refractivity contribution in [1.29, 1.82) is 0 Å². The topological polar surface area (TPSA) is 29.5 Å². The summed E-state index contributed by atoms with van der Waals surface area (Å²) < 4.78 is 6.90. The van der Waals surface area contributed by atoms with Gasteiger partial charge in [0.25, 0.3) is 0 Å². The maximum Gasteiger partial charge on any atom is 0.331 e. The third kappa shape index (κ3) is 3.08. The highest BCUT2D eigenvalue weighted by atomic mass is 79.9. The number of hydrogen-bond donors (Lipinski definition) is 1. The van der Waals surface area contributed by atoms with Crippen molar-refractivity contribution in [3.63, 3.8) is 0 Å². The third-order valence-corrected chi connectivity index (χ3v) is 4.55. The molecule has 0 saturated carbocycles. The van der Waals surface area contributed by atoms with E-state index in [1.807, 2.05) is 38.1 Å². The maximum absolute atomic E-state index is 10.1. The van der Waals surface area contributed by atoms with Gasteiger partial charge in [0, 0.05) is 4.47 Å². The molecule has 0 atom stereocenters. The molecule has 0 bridgehead atoms. The summed E-state index contributed by atoms with van der Waals surface area (Å²) in [5, 5.41) is 12.4. The van der Waals surface area contributed by atoms with Crippen molar-refractivity contribution in [3.8, 4) is 0 Å². The molecule has 2 rings (SSSR count). The van der Waals surface area contributed by atoms with Crippen molar-refractivity contribution in [2.24, 2.45) is 0 Å². The molecule has 0 aliphatic carbocycles. The Bertz CT molecular complexity index is 617. The van der Waals surface area contributed by atoms with E-state index in [4.69, 9.17) is 4.65 Å². The van der Waals surface area contributed by atoms with E-state index in [0.717, 1.165) is 20.7 Å². The molecule has 105 valence electrons. The molecule has 0 spiro atoms. The monoisotopic (exact) mass is 333 g/mol. The van der Waals surface area contributed by atoms with Gasteiger partial charge < -0.3 is 9.76 Å². The van der Waals surface area contributed by atoms with Gasteiger partial charge in [0.2, 0.25) is 0 Å². The van der Waals surface area contributed by atoms with Gasteiger partial charge in [-0.05, 0) is 50.0 Å². The summed E-state index contributed by atoms with van der Waals surface area (Å²) in [5.41, 5.74) is -0.586. The van der Waals surface area contributed by atoms with Gasteiger partial charge in [-0.3, -0.25) is 0 Å². The molecule has 0 amide bonds. The van der Waals surface area contributed by atoms with Gasteiger partial charge in [0.15, 0.2) is 0 Å². The zero-order chi connectivity index (χ0) is 15.0. The van der Waals surface area contributed by atoms with E-state index in [1.165, 1.54) is 0 Å². The second kappa shape index (κ2) is 5.51. The molecule has 20 heavy (non-hydrogen) atoms. The second-order valence-corrected chi connectivity index (χ2v) is 6.84. The van der Waals surface area contributed by atoms with Crippen LogP contribution in [0, 0.1) is 0 Å². The average molecular weight is 334 g/mol. The number of hydrogen-bond acceptors (Lipinski definition) is 2. The Morgan fingerprint density at radius 2 is 1.60 bits per heavy atom. The van der Waals surface area contributed by atoms with Crippen LogP contribution in [0.2, 0.25) is 0 Å². The van der Waals surface area contributed by atoms with Crippen LogP contribution < -0.4 is 5.46 Å². The van der Waals surface area contributed by atoms with Gasteiger partial charge in [-0.15, -0.1) is 0 Å². The molecule has 0 unspecified atom stereocenters. The van der Waals surface area contributed by atoms with Crippen molar-refractivity contribution in [2.75, 3.05) is 0 Å². The Labute approximate surface area is 129 Å². The Hall–Kier alpha value is -0.835. The maximum atomic E-state index is 10.1. The highest BCUT2D eigenvalue weighted by Gasteiger charge is 2.35. The molecular weight excluding hydrogens is 315 g/mol. The number of benzene rings is 2. The van der Waals surface area contributed by atoms with Gasteiger partial charge in [-0.1, -0.05) is 46.3 Å². The fourth-order valence-electron chi connectivity index (χ4n) is 1.75. The minimum atomic E-state index is -0.922. The van der Waals surface area contributed by atoms with E-state index in [-0.39, 0.29) is 0 Å². The van der Waals surface area contributed by atoms with Gasteiger partial charge in [-0.2, -0.15) is 0 Å². The van der Waals surface area contributed by atoms with Crippen LogP contribution in [0.1, 0.15) is 27.7 Å². The van der Waals surface area contributed by atoms with Crippen molar-refractivity contribution >= 4 is 39.6 Å². The van der Waals surface area contributed by atoms with E-state index in [0.29, 0.717) is 0 Å². The molecule has 1 N–H and O–H groups in total. The van der Waals surface area contributed by atoms with Gasteiger partial charge in [0.1, 0.15) is 0 Å². The lowest BCUT2D eigenvalue weighted by atomic mass is 9.80. The minimum absolute atomic E-state index is 0.665. The lowest BCUT2D eigenvalue weighted by molar-refractivity contribution is -0.0893. The third-order valence-electron chi connectivity index (χ3n) is 3.86. The van der Waals surface area contributed by atoms with Crippen LogP contribution in [0.15, 0.2) is 40.9 Å². The molecule has 0 saturated heterocycles. The Morgan fingerprint density at radius 1 is 1.00 bits per heavy atom. The average Bonchev–Trinajstić information content (AvgIpc) is 2.35. The van der Waals surface area contributed by atoms with E-state index in [9.17, 15) is 5.11 Å². The first-order valence-electron chi connectivity index (χ1n) is 6.63. The van der Waals surface area contributed by atoms with Crippen LogP contribution in [0.25, 0.3) is 10.8 Å². The minimum Gasteiger partial charge on any atom is -0.427 e. The molecule has 2 nitrogen and oxygen atoms in total. The SMILES string of the molecule is CC(C)(O)C(C)(C)O[B]c1cccc2c(Br)cccc12. The molecule has 0 aliphatic heterocycles. The van der Waals surface area contributed by atoms with Crippen molar-refractivity contribution in [1.82, 2.24) is 0 Å². The fraction of sp³-hybridized carbons (Fsp3) is 0.375. The molecule has 0 heterocycles. The normalized spacial score (nSPS) is 12.7. The first-order valence-corrected chi connectivity index (χ1v) is 7.42. The van der Waals surface area contributed by atoms with Crippen LogP contribution in [-0.4, -0.2) is 23.8 Å². The van der Waals surface area contributed by atoms with E-state index in [2.05, 4.69) is 28.1 Å². The van der Waals surface area contributed by atoms with Crippen molar-refractivity contribution in [3.05, 3.63) is 40.9 Å². The smallest absolute Gasteiger partial charge is 0.331 e. The number of rotatable bonds is 4. The van der Waals surface area contributed by atoms with E-state index >= 15 is 0 Å². The standard InChI is InChI=1S/C16H19BBrO2/c1-15(2,19)16(3,4)20-17-13-9-5-8-12-11(13)7-6-10-14(12)18/h5-10,19H,1-4H3. The number of aliphatic hydroxyl groups is 1. The highest BCUT2D eigenvalue weighted by molar-refractivity contribution is 9.10. The largest absolute Gasteiger partial charge is 0.427 e. The number of halogens is 1. The van der Waals surface area contributed by atoms with Crippen molar-refractivity contribution < 1.29 is 9.76 Å². The zero-order valence-corrected chi connectivity index (χ0v) is 13.9. The summed E-state index contributed by atoms with van der Waals surface area (Å²) in [6, 6.07) is 12.2. The van der Waals surface area contributed by atoms with Crippen LogP contribution in [-0.2, 0) is 4.65 Å². The van der Waals surface area contributed by atoms with E-state index in [1.54, 1.807) is 21.3 Å². The predicted octanol–water partition coefficient (Wildman–Crippen LogP) is 3.41. The Kier molecular flexibility index (Phi) is 4.28. The van der Waals surface area contributed by atoms with Crippen LogP contribution in [0.4, 0.5) is 0 Å². The quantitative estimate of drug-likeness (QED) is 0.869.